The molecule has 1 amide bonds. The molecule has 0 radical (unpaired) electrons. The van der Waals surface area contributed by atoms with Crippen molar-refractivity contribution in [3.05, 3.63) is 59.7 Å². The standard InChI is InChI=1S/C23H29NO4/c1-4-5-6-9-16-27-20-14-12-19(13-15-20)23(26)28-18(3)22(25)24-21-11-8-7-10-17(21)2/h7-8,10-15,18H,4-6,9,16H2,1-3H3,(H,24,25)/t18-/m0/s1. The van der Waals surface area contributed by atoms with Gasteiger partial charge in [-0.3, -0.25) is 4.79 Å². The maximum atomic E-state index is 12.3. The van der Waals surface area contributed by atoms with Gasteiger partial charge in [-0.15, -0.1) is 0 Å². The van der Waals surface area contributed by atoms with Gasteiger partial charge in [0.2, 0.25) is 0 Å². The number of benzene rings is 2. The summed E-state index contributed by atoms with van der Waals surface area (Å²) >= 11 is 0. The van der Waals surface area contributed by atoms with Crippen molar-refractivity contribution in [2.24, 2.45) is 0 Å². The minimum atomic E-state index is -0.901. The summed E-state index contributed by atoms with van der Waals surface area (Å²) in [4.78, 5) is 24.5. The van der Waals surface area contributed by atoms with Gasteiger partial charge >= 0.3 is 5.97 Å². The first-order valence-corrected chi connectivity index (χ1v) is 9.81. The third-order valence-corrected chi connectivity index (χ3v) is 4.41. The van der Waals surface area contributed by atoms with Crippen molar-refractivity contribution in [1.29, 1.82) is 0 Å². The van der Waals surface area contributed by atoms with E-state index in [1.807, 2.05) is 31.2 Å². The zero-order valence-corrected chi connectivity index (χ0v) is 16.9. The number of anilines is 1. The number of rotatable bonds is 10. The van der Waals surface area contributed by atoms with Gasteiger partial charge in [-0.05, 0) is 56.2 Å². The molecule has 0 heterocycles. The Balaban J connectivity index is 1.82. The average molecular weight is 383 g/mol. The average Bonchev–Trinajstić information content (AvgIpc) is 2.70. The molecule has 0 bridgehead atoms. The summed E-state index contributed by atoms with van der Waals surface area (Å²) in [5.41, 5.74) is 2.03. The monoisotopic (exact) mass is 383 g/mol. The molecular formula is C23H29NO4. The highest BCUT2D eigenvalue weighted by Crippen LogP contribution is 2.16. The molecule has 1 N–H and O–H groups in total. The van der Waals surface area contributed by atoms with Crippen LogP contribution in [0.4, 0.5) is 5.69 Å². The van der Waals surface area contributed by atoms with Gasteiger partial charge in [-0.1, -0.05) is 44.4 Å². The third-order valence-electron chi connectivity index (χ3n) is 4.41. The molecule has 5 heteroatoms. The number of hydrogen-bond acceptors (Lipinski definition) is 4. The summed E-state index contributed by atoms with van der Waals surface area (Å²) in [6.07, 6.45) is 3.68. The molecule has 0 unspecified atom stereocenters. The maximum absolute atomic E-state index is 12.3. The SMILES string of the molecule is CCCCCCOc1ccc(C(=O)O[C@@H](C)C(=O)Nc2ccccc2C)cc1. The van der Waals surface area contributed by atoms with Gasteiger partial charge in [0.05, 0.1) is 12.2 Å². The second kappa shape index (κ2) is 11.1. The lowest BCUT2D eigenvalue weighted by Gasteiger charge is -2.15. The highest BCUT2D eigenvalue weighted by Gasteiger charge is 2.19. The van der Waals surface area contributed by atoms with Crippen LogP contribution in [-0.2, 0) is 9.53 Å². The first-order valence-electron chi connectivity index (χ1n) is 9.81. The first-order chi connectivity index (χ1) is 13.5. The molecule has 0 aliphatic carbocycles. The van der Waals surface area contributed by atoms with Crippen molar-refractivity contribution < 1.29 is 19.1 Å². The third kappa shape index (κ3) is 6.72. The quantitative estimate of drug-likeness (QED) is 0.456. The van der Waals surface area contributed by atoms with Crippen LogP contribution in [0.1, 0.15) is 55.5 Å². The van der Waals surface area contributed by atoms with Crippen LogP contribution in [0.15, 0.2) is 48.5 Å². The molecule has 0 saturated carbocycles. The van der Waals surface area contributed by atoms with E-state index in [-0.39, 0.29) is 5.91 Å². The van der Waals surface area contributed by atoms with E-state index in [0.29, 0.717) is 17.9 Å². The van der Waals surface area contributed by atoms with Crippen LogP contribution >= 0.6 is 0 Å². The Hall–Kier alpha value is -2.82. The Bertz CT molecular complexity index is 770. The molecule has 2 aromatic rings. The number of ether oxygens (including phenoxy) is 2. The Morgan fingerprint density at radius 1 is 1.00 bits per heavy atom. The fourth-order valence-electron chi connectivity index (χ4n) is 2.64. The highest BCUT2D eigenvalue weighted by molar-refractivity contribution is 5.97. The van der Waals surface area contributed by atoms with Crippen molar-refractivity contribution in [3.63, 3.8) is 0 Å². The highest BCUT2D eigenvalue weighted by atomic mass is 16.5. The molecular weight excluding hydrogens is 354 g/mol. The lowest BCUT2D eigenvalue weighted by atomic mass is 10.2. The summed E-state index contributed by atoms with van der Waals surface area (Å²) in [5, 5.41) is 2.78. The van der Waals surface area contributed by atoms with Gasteiger partial charge in [0.1, 0.15) is 5.75 Å². The van der Waals surface area contributed by atoms with Crippen LogP contribution in [-0.4, -0.2) is 24.6 Å². The van der Waals surface area contributed by atoms with Gasteiger partial charge in [0, 0.05) is 5.69 Å². The summed E-state index contributed by atoms with van der Waals surface area (Å²) in [6, 6.07) is 14.2. The summed E-state index contributed by atoms with van der Waals surface area (Å²) in [5.74, 6) is -0.185. The molecule has 0 aliphatic rings. The largest absolute Gasteiger partial charge is 0.494 e. The molecule has 0 saturated heterocycles. The molecule has 1 atom stereocenters. The normalized spacial score (nSPS) is 11.5. The molecule has 0 aromatic heterocycles. The van der Waals surface area contributed by atoms with Crippen LogP contribution in [0.25, 0.3) is 0 Å². The molecule has 2 rings (SSSR count). The first kappa shape index (κ1) is 21.5. The van der Waals surface area contributed by atoms with Crippen LogP contribution in [0.3, 0.4) is 0 Å². The number of nitrogens with one attached hydrogen (secondary N) is 1. The van der Waals surface area contributed by atoms with E-state index in [4.69, 9.17) is 9.47 Å². The summed E-state index contributed by atoms with van der Waals surface area (Å²) in [7, 11) is 0. The molecule has 0 spiro atoms. The molecule has 5 nitrogen and oxygen atoms in total. The van der Waals surface area contributed by atoms with E-state index in [0.717, 1.165) is 24.2 Å². The van der Waals surface area contributed by atoms with Crippen LogP contribution < -0.4 is 10.1 Å². The summed E-state index contributed by atoms with van der Waals surface area (Å²) < 4.78 is 11.0. The number of carbonyl (C=O) groups is 2. The van der Waals surface area contributed by atoms with Crippen molar-refractivity contribution in [2.75, 3.05) is 11.9 Å². The van der Waals surface area contributed by atoms with Crippen LogP contribution in [0.5, 0.6) is 5.75 Å². The second-order valence-corrected chi connectivity index (χ2v) is 6.79. The Kier molecular flexibility index (Phi) is 8.53. The smallest absolute Gasteiger partial charge is 0.338 e. The number of esters is 1. The van der Waals surface area contributed by atoms with Crippen molar-refractivity contribution in [3.8, 4) is 5.75 Å². The molecule has 28 heavy (non-hydrogen) atoms. The van der Waals surface area contributed by atoms with E-state index in [2.05, 4.69) is 12.2 Å². The molecule has 0 fully saturated rings. The second-order valence-electron chi connectivity index (χ2n) is 6.79. The van der Waals surface area contributed by atoms with Crippen molar-refractivity contribution >= 4 is 17.6 Å². The van der Waals surface area contributed by atoms with Gasteiger partial charge in [0.25, 0.3) is 5.91 Å². The topological polar surface area (TPSA) is 64.6 Å². The van der Waals surface area contributed by atoms with E-state index >= 15 is 0 Å². The van der Waals surface area contributed by atoms with E-state index in [1.165, 1.54) is 12.8 Å². The minimum Gasteiger partial charge on any atom is -0.494 e. The molecule has 2 aromatic carbocycles. The van der Waals surface area contributed by atoms with Gasteiger partial charge in [-0.25, -0.2) is 4.79 Å². The minimum absolute atomic E-state index is 0.366. The van der Waals surface area contributed by atoms with E-state index < -0.39 is 12.1 Å². The van der Waals surface area contributed by atoms with Gasteiger partial charge < -0.3 is 14.8 Å². The molecule has 0 aliphatic heterocycles. The number of hydrogen-bond donors (Lipinski definition) is 1. The Morgan fingerprint density at radius 2 is 1.71 bits per heavy atom. The van der Waals surface area contributed by atoms with Crippen molar-refractivity contribution in [1.82, 2.24) is 0 Å². The fourth-order valence-corrected chi connectivity index (χ4v) is 2.64. The predicted molar refractivity (Wildman–Crippen MR) is 111 cm³/mol. The number of para-hydroxylation sites is 1. The fraction of sp³-hybridized carbons (Fsp3) is 0.391. The number of carbonyl (C=O) groups excluding carboxylic acids is 2. The Labute approximate surface area is 167 Å². The zero-order chi connectivity index (χ0) is 20.4. The lowest BCUT2D eigenvalue weighted by molar-refractivity contribution is -0.123. The lowest BCUT2D eigenvalue weighted by Crippen LogP contribution is -2.30. The van der Waals surface area contributed by atoms with Crippen LogP contribution in [0, 0.1) is 6.92 Å². The van der Waals surface area contributed by atoms with Gasteiger partial charge in [-0.2, -0.15) is 0 Å². The summed E-state index contributed by atoms with van der Waals surface area (Å²) in [6.45, 7) is 6.30. The van der Waals surface area contributed by atoms with E-state index in [9.17, 15) is 9.59 Å². The molecule has 150 valence electrons. The van der Waals surface area contributed by atoms with Crippen molar-refractivity contribution in [2.45, 2.75) is 52.6 Å². The number of aryl methyl sites for hydroxylation is 1. The van der Waals surface area contributed by atoms with Crippen LogP contribution in [0.2, 0.25) is 0 Å². The Morgan fingerprint density at radius 3 is 2.39 bits per heavy atom. The maximum Gasteiger partial charge on any atom is 0.338 e. The van der Waals surface area contributed by atoms with Gasteiger partial charge in [0.15, 0.2) is 6.10 Å². The number of amides is 1. The number of unbranched alkanes of at least 4 members (excludes halogenated alkanes) is 3. The predicted octanol–water partition coefficient (Wildman–Crippen LogP) is 5.14. The van der Waals surface area contributed by atoms with E-state index in [1.54, 1.807) is 31.2 Å². The zero-order valence-electron chi connectivity index (χ0n) is 16.9.